The maximum absolute atomic E-state index is 12.0. The lowest BCUT2D eigenvalue weighted by Gasteiger charge is -2.28. The number of thiocarbonyl (C=S) groups is 1. The van der Waals surface area contributed by atoms with E-state index in [4.69, 9.17) is 21.7 Å². The summed E-state index contributed by atoms with van der Waals surface area (Å²) in [7, 11) is 3.16. The fourth-order valence-electron chi connectivity index (χ4n) is 2.45. The average molecular weight is 334 g/mol. The molecule has 23 heavy (non-hydrogen) atoms. The van der Waals surface area contributed by atoms with Crippen molar-refractivity contribution in [3.63, 3.8) is 0 Å². The summed E-state index contributed by atoms with van der Waals surface area (Å²) < 4.78 is 10.4. The summed E-state index contributed by atoms with van der Waals surface area (Å²) >= 11 is 5.28. The van der Waals surface area contributed by atoms with E-state index in [1.165, 1.54) is 12.5 Å². The zero-order chi connectivity index (χ0) is 16.7. The van der Waals surface area contributed by atoms with E-state index in [2.05, 4.69) is 5.32 Å². The molecule has 1 N–H and O–H groups in total. The minimum absolute atomic E-state index is 0.227. The smallest absolute Gasteiger partial charge is 0.250 e. The van der Waals surface area contributed by atoms with E-state index in [0.717, 1.165) is 31.5 Å². The van der Waals surface area contributed by atoms with Gasteiger partial charge in [-0.1, -0.05) is 6.07 Å². The molecule has 124 valence electrons. The molecule has 1 heterocycles. The molecule has 1 amide bonds. The van der Waals surface area contributed by atoms with Crippen molar-refractivity contribution in [2.45, 2.75) is 19.3 Å². The van der Waals surface area contributed by atoms with Crippen molar-refractivity contribution in [1.29, 1.82) is 0 Å². The number of amides is 1. The average Bonchev–Trinajstić information content (AvgIpc) is 2.60. The van der Waals surface area contributed by atoms with Crippen molar-refractivity contribution < 1.29 is 14.3 Å². The fourth-order valence-corrected chi connectivity index (χ4v) is 2.73. The number of hydrogen-bond acceptors (Lipinski definition) is 4. The number of piperidine rings is 1. The number of carbonyl (C=O) groups is 1. The molecule has 0 spiro atoms. The summed E-state index contributed by atoms with van der Waals surface area (Å²) in [5.41, 5.74) is 0.849. The molecule has 0 aliphatic carbocycles. The molecule has 2 rings (SSSR count). The van der Waals surface area contributed by atoms with Crippen molar-refractivity contribution in [3.8, 4) is 11.5 Å². The number of benzene rings is 1. The Hall–Kier alpha value is -2.08. The minimum atomic E-state index is -0.227. The van der Waals surface area contributed by atoms with Gasteiger partial charge in [-0.05, 0) is 55.3 Å². The molecule has 0 saturated carbocycles. The molecule has 1 aromatic rings. The van der Waals surface area contributed by atoms with Gasteiger partial charge in [-0.2, -0.15) is 0 Å². The number of rotatable bonds is 4. The van der Waals surface area contributed by atoms with E-state index in [0.29, 0.717) is 16.6 Å². The highest BCUT2D eigenvalue weighted by Gasteiger charge is 2.14. The van der Waals surface area contributed by atoms with Crippen LogP contribution in [-0.4, -0.2) is 43.2 Å². The van der Waals surface area contributed by atoms with Crippen molar-refractivity contribution in [2.75, 3.05) is 27.3 Å². The molecule has 0 atom stereocenters. The Labute approximate surface area is 142 Å². The topological polar surface area (TPSA) is 50.8 Å². The van der Waals surface area contributed by atoms with E-state index in [-0.39, 0.29) is 5.91 Å². The summed E-state index contributed by atoms with van der Waals surface area (Å²) in [6.07, 6.45) is 6.66. The third-order valence-corrected chi connectivity index (χ3v) is 4.07. The lowest BCUT2D eigenvalue weighted by Crippen LogP contribution is -2.44. The highest BCUT2D eigenvalue weighted by molar-refractivity contribution is 7.80. The fraction of sp³-hybridized carbons (Fsp3) is 0.412. The van der Waals surface area contributed by atoms with Crippen LogP contribution in [0.3, 0.4) is 0 Å². The van der Waals surface area contributed by atoms with Gasteiger partial charge in [-0.3, -0.25) is 10.1 Å². The van der Waals surface area contributed by atoms with Crippen LogP contribution in [0.25, 0.3) is 6.08 Å². The maximum atomic E-state index is 12.0. The van der Waals surface area contributed by atoms with E-state index in [1.807, 2.05) is 17.0 Å². The van der Waals surface area contributed by atoms with Crippen LogP contribution in [-0.2, 0) is 4.79 Å². The molecular weight excluding hydrogens is 312 g/mol. The van der Waals surface area contributed by atoms with Crippen LogP contribution in [0.15, 0.2) is 24.3 Å². The van der Waals surface area contributed by atoms with E-state index in [9.17, 15) is 4.79 Å². The second-order valence-electron chi connectivity index (χ2n) is 5.29. The number of nitrogens with one attached hydrogen (secondary N) is 1. The highest BCUT2D eigenvalue weighted by atomic mass is 32.1. The molecule has 1 saturated heterocycles. The first-order valence-corrected chi connectivity index (χ1v) is 8.05. The normalized spacial score (nSPS) is 14.6. The zero-order valence-corrected chi connectivity index (χ0v) is 14.3. The quantitative estimate of drug-likeness (QED) is 0.677. The van der Waals surface area contributed by atoms with Gasteiger partial charge in [0.1, 0.15) is 0 Å². The first-order valence-electron chi connectivity index (χ1n) is 7.64. The number of methoxy groups -OCH3 is 2. The van der Waals surface area contributed by atoms with Crippen LogP contribution >= 0.6 is 12.2 Å². The second-order valence-corrected chi connectivity index (χ2v) is 5.68. The molecule has 1 aliphatic rings. The lowest BCUT2D eigenvalue weighted by atomic mass is 10.1. The van der Waals surface area contributed by atoms with Crippen LogP contribution < -0.4 is 14.8 Å². The molecule has 0 radical (unpaired) electrons. The summed E-state index contributed by atoms with van der Waals surface area (Å²) in [5, 5.41) is 3.25. The minimum Gasteiger partial charge on any atom is -0.493 e. The van der Waals surface area contributed by atoms with Crippen LogP contribution in [0, 0.1) is 0 Å². The highest BCUT2D eigenvalue weighted by Crippen LogP contribution is 2.27. The first-order chi connectivity index (χ1) is 11.1. The molecular formula is C17H22N2O3S. The standard InChI is InChI=1S/C17H22N2O3S/c1-21-14-8-6-13(12-15(14)22-2)7-9-16(20)18-17(23)19-10-4-3-5-11-19/h6-9,12H,3-5,10-11H2,1-2H3,(H,18,20,23). The summed E-state index contributed by atoms with van der Waals surface area (Å²) in [6.45, 7) is 1.83. The summed E-state index contributed by atoms with van der Waals surface area (Å²) in [5.74, 6) is 1.05. The van der Waals surface area contributed by atoms with Crippen LogP contribution in [0.4, 0.5) is 0 Å². The van der Waals surface area contributed by atoms with Gasteiger partial charge in [0.15, 0.2) is 16.6 Å². The Morgan fingerprint density at radius 2 is 1.87 bits per heavy atom. The Bertz CT molecular complexity index is 596. The SMILES string of the molecule is COc1ccc(C=CC(=O)NC(=S)N2CCCCC2)cc1OC. The van der Waals surface area contributed by atoms with Crippen molar-refractivity contribution >= 4 is 29.3 Å². The number of nitrogens with zero attached hydrogens (tertiary/aromatic N) is 1. The van der Waals surface area contributed by atoms with Gasteiger partial charge in [0, 0.05) is 19.2 Å². The van der Waals surface area contributed by atoms with Gasteiger partial charge in [-0.25, -0.2) is 0 Å². The first kappa shape index (κ1) is 17.3. The number of carbonyl (C=O) groups excluding carboxylic acids is 1. The largest absolute Gasteiger partial charge is 0.493 e. The molecule has 0 bridgehead atoms. The molecule has 1 aromatic carbocycles. The predicted molar refractivity (Wildman–Crippen MR) is 94.7 cm³/mol. The van der Waals surface area contributed by atoms with Crippen LogP contribution in [0.2, 0.25) is 0 Å². The molecule has 6 heteroatoms. The summed E-state index contributed by atoms with van der Waals surface area (Å²) in [6, 6.07) is 5.47. The number of likely N-dealkylation sites (tertiary alicyclic amines) is 1. The van der Waals surface area contributed by atoms with E-state index < -0.39 is 0 Å². The van der Waals surface area contributed by atoms with Crippen molar-refractivity contribution in [1.82, 2.24) is 10.2 Å². The molecule has 0 aromatic heterocycles. The van der Waals surface area contributed by atoms with Gasteiger partial charge in [0.05, 0.1) is 14.2 Å². The van der Waals surface area contributed by atoms with Gasteiger partial charge in [-0.15, -0.1) is 0 Å². The molecule has 5 nitrogen and oxygen atoms in total. The van der Waals surface area contributed by atoms with Gasteiger partial charge >= 0.3 is 0 Å². The molecule has 0 unspecified atom stereocenters. The van der Waals surface area contributed by atoms with E-state index >= 15 is 0 Å². The Kier molecular flexibility index (Phi) is 6.40. The third kappa shape index (κ3) is 4.96. The second kappa shape index (κ2) is 8.53. The lowest BCUT2D eigenvalue weighted by molar-refractivity contribution is -0.115. The van der Waals surface area contributed by atoms with Gasteiger partial charge in [0.25, 0.3) is 0 Å². The van der Waals surface area contributed by atoms with Crippen molar-refractivity contribution in [2.24, 2.45) is 0 Å². The molecule has 1 aliphatic heterocycles. The maximum Gasteiger partial charge on any atom is 0.250 e. The Morgan fingerprint density at radius 3 is 2.52 bits per heavy atom. The number of hydrogen-bond donors (Lipinski definition) is 1. The van der Waals surface area contributed by atoms with Crippen LogP contribution in [0.5, 0.6) is 11.5 Å². The van der Waals surface area contributed by atoms with Crippen molar-refractivity contribution in [3.05, 3.63) is 29.8 Å². The monoisotopic (exact) mass is 334 g/mol. The van der Waals surface area contributed by atoms with Gasteiger partial charge in [0.2, 0.25) is 5.91 Å². The van der Waals surface area contributed by atoms with Gasteiger partial charge < -0.3 is 14.4 Å². The molecule has 1 fully saturated rings. The predicted octanol–water partition coefficient (Wildman–Crippen LogP) is 2.60. The Balaban J connectivity index is 1.93. The third-order valence-electron chi connectivity index (χ3n) is 3.71. The van der Waals surface area contributed by atoms with E-state index in [1.54, 1.807) is 26.4 Å². The number of ether oxygens (including phenoxy) is 2. The Morgan fingerprint density at radius 1 is 1.17 bits per heavy atom. The van der Waals surface area contributed by atoms with Crippen LogP contribution in [0.1, 0.15) is 24.8 Å². The summed E-state index contributed by atoms with van der Waals surface area (Å²) in [4.78, 5) is 14.0. The zero-order valence-electron chi connectivity index (χ0n) is 13.5.